The molecule has 28 heavy (non-hydrogen) atoms. The number of hydrogen-bond donors (Lipinski definition) is 1. The summed E-state index contributed by atoms with van der Waals surface area (Å²) in [6.07, 6.45) is 2.30. The van der Waals surface area contributed by atoms with E-state index in [1.807, 2.05) is 35.0 Å². The van der Waals surface area contributed by atoms with E-state index < -0.39 is 0 Å². The van der Waals surface area contributed by atoms with Crippen molar-refractivity contribution >= 4 is 34.3 Å². The van der Waals surface area contributed by atoms with E-state index >= 15 is 0 Å². The fraction of sp³-hybridized carbons (Fsp3) is 0.200. The number of rotatable bonds is 5. The molecule has 1 saturated carbocycles. The van der Waals surface area contributed by atoms with Gasteiger partial charge in [0.25, 0.3) is 5.56 Å². The van der Waals surface area contributed by atoms with Crippen molar-refractivity contribution in [3.63, 3.8) is 0 Å². The number of aromatic amines is 1. The van der Waals surface area contributed by atoms with Gasteiger partial charge >= 0.3 is 0 Å². The molecular formula is C20H16ClN5OS. The van der Waals surface area contributed by atoms with Crippen LogP contribution in [0.4, 0.5) is 0 Å². The van der Waals surface area contributed by atoms with Gasteiger partial charge in [0.2, 0.25) is 5.16 Å². The van der Waals surface area contributed by atoms with E-state index in [-0.39, 0.29) is 5.56 Å². The summed E-state index contributed by atoms with van der Waals surface area (Å²) >= 11 is 7.43. The minimum Gasteiger partial charge on any atom is -0.309 e. The zero-order valence-corrected chi connectivity index (χ0v) is 16.4. The van der Waals surface area contributed by atoms with Gasteiger partial charge in [-0.05, 0) is 43.2 Å². The van der Waals surface area contributed by atoms with Gasteiger partial charge in [0.15, 0.2) is 0 Å². The number of H-pyrrole nitrogens is 1. The van der Waals surface area contributed by atoms with E-state index in [2.05, 4.69) is 15.1 Å². The van der Waals surface area contributed by atoms with Gasteiger partial charge in [-0.15, -0.1) is 5.10 Å². The first kappa shape index (κ1) is 17.5. The Labute approximate surface area is 170 Å². The fourth-order valence-corrected chi connectivity index (χ4v) is 3.96. The van der Waals surface area contributed by atoms with Crippen molar-refractivity contribution < 1.29 is 0 Å². The molecule has 8 heteroatoms. The van der Waals surface area contributed by atoms with Gasteiger partial charge in [-0.2, -0.15) is 0 Å². The number of nitrogens with one attached hydrogen (secondary N) is 1. The lowest BCUT2D eigenvalue weighted by atomic mass is 10.2. The Morgan fingerprint density at radius 2 is 1.96 bits per heavy atom. The van der Waals surface area contributed by atoms with Gasteiger partial charge in [-0.25, -0.2) is 14.6 Å². The molecule has 2 aromatic heterocycles. The summed E-state index contributed by atoms with van der Waals surface area (Å²) in [4.78, 5) is 24.4. The van der Waals surface area contributed by atoms with E-state index in [9.17, 15) is 4.79 Å². The van der Waals surface area contributed by atoms with Crippen LogP contribution in [0.25, 0.3) is 16.6 Å². The average Bonchev–Trinajstić information content (AvgIpc) is 3.47. The first-order valence-electron chi connectivity index (χ1n) is 9.01. The molecule has 5 rings (SSSR count). The lowest BCUT2D eigenvalue weighted by molar-refractivity contribution is 0.782. The second-order valence-electron chi connectivity index (χ2n) is 6.74. The van der Waals surface area contributed by atoms with Crippen LogP contribution in [0.3, 0.4) is 0 Å². The molecule has 0 unspecified atom stereocenters. The minimum atomic E-state index is -0.190. The maximum absolute atomic E-state index is 12.3. The molecule has 0 bridgehead atoms. The number of aromatic nitrogens is 5. The van der Waals surface area contributed by atoms with E-state index in [4.69, 9.17) is 16.6 Å². The Balaban J connectivity index is 1.42. The van der Waals surface area contributed by atoms with Gasteiger partial charge in [0.05, 0.1) is 22.3 Å². The third kappa shape index (κ3) is 3.43. The van der Waals surface area contributed by atoms with Crippen molar-refractivity contribution in [2.75, 3.05) is 0 Å². The molecule has 0 spiro atoms. The zero-order valence-electron chi connectivity index (χ0n) is 14.8. The van der Waals surface area contributed by atoms with E-state index in [1.165, 1.54) is 11.8 Å². The van der Waals surface area contributed by atoms with E-state index in [1.54, 1.807) is 18.2 Å². The fourth-order valence-electron chi connectivity index (χ4n) is 3.09. The number of nitrogens with zero attached hydrogens (tertiary/aromatic N) is 4. The van der Waals surface area contributed by atoms with Crippen LogP contribution >= 0.6 is 23.4 Å². The van der Waals surface area contributed by atoms with Crippen molar-refractivity contribution in [1.82, 2.24) is 24.7 Å². The van der Waals surface area contributed by atoms with Gasteiger partial charge < -0.3 is 4.98 Å². The lowest BCUT2D eigenvalue weighted by Crippen LogP contribution is -2.11. The number of halogens is 1. The number of hydrogen-bond acceptors (Lipinski definition) is 5. The first-order chi connectivity index (χ1) is 13.7. The Hall–Kier alpha value is -2.64. The molecule has 1 aliphatic rings. The quantitative estimate of drug-likeness (QED) is 0.496. The second kappa shape index (κ2) is 7.07. The monoisotopic (exact) mass is 409 g/mol. The molecule has 1 aliphatic carbocycles. The summed E-state index contributed by atoms with van der Waals surface area (Å²) in [6, 6.07) is 15.2. The molecular weight excluding hydrogens is 394 g/mol. The summed E-state index contributed by atoms with van der Waals surface area (Å²) < 4.78 is 1.93. The van der Waals surface area contributed by atoms with Crippen molar-refractivity contribution in [3.8, 4) is 5.69 Å². The SMILES string of the molecule is O=c1[nH]c(CSc2nc(C3CC3)n(-c3ccccc3)n2)nc2ccc(Cl)cc12. The molecule has 0 aliphatic heterocycles. The van der Waals surface area contributed by atoms with E-state index in [0.29, 0.717) is 38.6 Å². The molecule has 0 atom stereocenters. The molecule has 0 radical (unpaired) electrons. The van der Waals surface area contributed by atoms with Gasteiger partial charge in [0, 0.05) is 10.9 Å². The summed E-state index contributed by atoms with van der Waals surface area (Å²) in [6.45, 7) is 0. The molecule has 2 aromatic carbocycles. The molecule has 1 N–H and O–H groups in total. The Morgan fingerprint density at radius 3 is 2.75 bits per heavy atom. The van der Waals surface area contributed by atoms with Crippen LogP contribution in [-0.4, -0.2) is 24.7 Å². The topological polar surface area (TPSA) is 76.5 Å². The standard InChI is InChI=1S/C20H16ClN5OS/c21-13-8-9-16-15(10-13)19(27)23-17(22-16)11-28-20-24-18(12-6-7-12)26(25-20)14-4-2-1-3-5-14/h1-5,8-10,12H,6-7,11H2,(H,22,23,27). The normalized spacial score (nSPS) is 13.9. The number of benzene rings is 2. The van der Waals surface area contributed by atoms with Crippen molar-refractivity contribution in [1.29, 1.82) is 0 Å². The molecule has 6 nitrogen and oxygen atoms in total. The summed E-state index contributed by atoms with van der Waals surface area (Å²) in [5.74, 6) is 2.55. The van der Waals surface area contributed by atoms with Crippen LogP contribution in [0, 0.1) is 0 Å². The Bertz CT molecular complexity index is 1220. The van der Waals surface area contributed by atoms with E-state index in [0.717, 1.165) is 24.4 Å². The smallest absolute Gasteiger partial charge is 0.258 e. The van der Waals surface area contributed by atoms with Crippen LogP contribution in [0.1, 0.15) is 30.4 Å². The second-order valence-corrected chi connectivity index (χ2v) is 8.12. The Morgan fingerprint density at radius 1 is 1.14 bits per heavy atom. The van der Waals surface area contributed by atoms with Gasteiger partial charge in [0.1, 0.15) is 11.6 Å². The zero-order chi connectivity index (χ0) is 19.1. The van der Waals surface area contributed by atoms with Crippen molar-refractivity contribution in [3.05, 3.63) is 75.6 Å². The highest BCUT2D eigenvalue weighted by atomic mass is 35.5. The maximum Gasteiger partial charge on any atom is 0.258 e. The van der Waals surface area contributed by atoms with Crippen molar-refractivity contribution in [2.45, 2.75) is 29.7 Å². The van der Waals surface area contributed by atoms with Crippen LogP contribution in [0.5, 0.6) is 0 Å². The molecule has 4 aromatic rings. The highest BCUT2D eigenvalue weighted by molar-refractivity contribution is 7.98. The molecule has 0 saturated heterocycles. The van der Waals surface area contributed by atoms with Crippen LogP contribution in [0.15, 0.2) is 58.5 Å². The largest absolute Gasteiger partial charge is 0.309 e. The highest BCUT2D eigenvalue weighted by Gasteiger charge is 2.30. The number of fused-ring (bicyclic) bond motifs is 1. The van der Waals surface area contributed by atoms with Crippen molar-refractivity contribution in [2.24, 2.45) is 0 Å². The van der Waals surface area contributed by atoms with Crippen LogP contribution < -0.4 is 5.56 Å². The highest BCUT2D eigenvalue weighted by Crippen LogP contribution is 2.40. The predicted molar refractivity (Wildman–Crippen MR) is 110 cm³/mol. The predicted octanol–water partition coefficient (Wildman–Crippen LogP) is 4.33. The molecule has 1 fully saturated rings. The first-order valence-corrected chi connectivity index (χ1v) is 10.4. The average molecular weight is 410 g/mol. The summed E-state index contributed by atoms with van der Waals surface area (Å²) in [5.41, 5.74) is 1.45. The van der Waals surface area contributed by atoms with Gasteiger partial charge in [-0.1, -0.05) is 41.6 Å². The third-order valence-electron chi connectivity index (χ3n) is 4.61. The number of thioether (sulfide) groups is 1. The maximum atomic E-state index is 12.3. The van der Waals surface area contributed by atoms with Gasteiger partial charge in [-0.3, -0.25) is 4.79 Å². The summed E-state index contributed by atoms with van der Waals surface area (Å²) in [5, 5.41) is 6.38. The van der Waals surface area contributed by atoms with Crippen LogP contribution in [0.2, 0.25) is 5.02 Å². The molecule has 0 amide bonds. The lowest BCUT2D eigenvalue weighted by Gasteiger charge is -2.03. The summed E-state index contributed by atoms with van der Waals surface area (Å²) in [7, 11) is 0. The molecule has 140 valence electrons. The minimum absolute atomic E-state index is 0.190. The molecule has 2 heterocycles. The third-order valence-corrected chi connectivity index (χ3v) is 5.69. The number of para-hydroxylation sites is 1. The van der Waals surface area contributed by atoms with Crippen LogP contribution in [-0.2, 0) is 5.75 Å². The Kier molecular flexibility index (Phi) is 4.41.